The van der Waals surface area contributed by atoms with Crippen LogP contribution < -0.4 is 10.6 Å². The topological polar surface area (TPSA) is 163 Å². The second-order valence-electron chi connectivity index (χ2n) is 5.49. The summed E-state index contributed by atoms with van der Waals surface area (Å²) in [5.74, 6) is -6.20. The van der Waals surface area contributed by atoms with Crippen molar-refractivity contribution in [2.75, 3.05) is 6.73 Å². The quantitative estimate of drug-likeness (QED) is 0.178. The first kappa shape index (κ1) is 37.3. The molecule has 0 unspecified atom stereocenters. The van der Waals surface area contributed by atoms with Gasteiger partial charge in [-0.1, -0.05) is 107 Å². The van der Waals surface area contributed by atoms with E-state index < -0.39 is 55.2 Å². The SMILES string of the molecule is CCC(=O)NC(OC(=O)C(Cl)Cl)(OC(=O)C(Cl)Cl)OC(=O)C(Cl)Cl.CCC(=O)NCOC(=O)C(Cl)Cl. The van der Waals surface area contributed by atoms with Crippen LogP contribution in [0, 0.1) is 0 Å². The van der Waals surface area contributed by atoms with E-state index in [9.17, 15) is 28.8 Å². The third kappa shape index (κ3) is 16.8. The second kappa shape index (κ2) is 19.2. The lowest BCUT2D eigenvalue weighted by molar-refractivity contribution is -0.339. The summed E-state index contributed by atoms with van der Waals surface area (Å²) in [5.41, 5.74) is 0. The molecule has 0 atom stereocenters. The van der Waals surface area contributed by atoms with Gasteiger partial charge in [0.15, 0.2) is 6.73 Å². The van der Waals surface area contributed by atoms with Gasteiger partial charge >= 0.3 is 30.0 Å². The highest BCUT2D eigenvalue weighted by molar-refractivity contribution is 6.54. The van der Waals surface area contributed by atoms with Crippen molar-refractivity contribution in [3.8, 4) is 0 Å². The van der Waals surface area contributed by atoms with Crippen LogP contribution in [0.4, 0.5) is 0 Å². The Labute approximate surface area is 244 Å². The van der Waals surface area contributed by atoms with E-state index in [1.807, 2.05) is 5.32 Å². The van der Waals surface area contributed by atoms with Gasteiger partial charge in [0.2, 0.25) is 31.2 Å². The molecule has 0 rings (SSSR count). The third-order valence-electron chi connectivity index (χ3n) is 2.84. The van der Waals surface area contributed by atoms with E-state index in [1.165, 1.54) is 6.92 Å². The maximum Gasteiger partial charge on any atom is 0.526 e. The average molecular weight is 682 g/mol. The molecule has 208 valence electrons. The Morgan fingerprint density at radius 3 is 1.22 bits per heavy atom. The number of carbonyl (C=O) groups excluding carboxylic acids is 6. The molecule has 0 heterocycles. The monoisotopic (exact) mass is 678 g/mol. The summed E-state index contributed by atoms with van der Waals surface area (Å²) >= 11 is 42.1. The van der Waals surface area contributed by atoms with E-state index >= 15 is 0 Å². The van der Waals surface area contributed by atoms with Crippen molar-refractivity contribution in [2.24, 2.45) is 0 Å². The van der Waals surface area contributed by atoms with Gasteiger partial charge in [-0.15, -0.1) is 0 Å². The van der Waals surface area contributed by atoms with E-state index in [1.54, 1.807) is 6.92 Å². The van der Waals surface area contributed by atoms with Crippen LogP contribution >= 0.6 is 92.8 Å². The van der Waals surface area contributed by atoms with Crippen LogP contribution in [0.15, 0.2) is 0 Å². The zero-order valence-corrected chi connectivity index (χ0v) is 24.1. The van der Waals surface area contributed by atoms with Crippen LogP contribution in [0.2, 0.25) is 0 Å². The first-order valence-electron chi connectivity index (χ1n) is 9.07. The molecule has 0 bridgehead atoms. The molecule has 0 aromatic carbocycles. The Hall–Kier alpha value is -0.860. The fraction of sp³-hybridized carbons (Fsp3) is 0.625. The van der Waals surface area contributed by atoms with Crippen LogP contribution in [-0.2, 0) is 47.7 Å². The maximum absolute atomic E-state index is 11.6. The fourth-order valence-corrected chi connectivity index (χ4v) is 1.70. The van der Waals surface area contributed by atoms with Gasteiger partial charge in [-0.05, 0) is 0 Å². The number of rotatable bonds is 12. The summed E-state index contributed by atoms with van der Waals surface area (Å²) in [5, 5.41) is 4.14. The van der Waals surface area contributed by atoms with Crippen molar-refractivity contribution in [3.05, 3.63) is 0 Å². The number of amides is 2. The van der Waals surface area contributed by atoms with Gasteiger partial charge in [0, 0.05) is 12.8 Å². The molecule has 2 N–H and O–H groups in total. The number of halogens is 8. The smallest absolute Gasteiger partial charge is 0.442 e. The molecule has 36 heavy (non-hydrogen) atoms. The largest absolute Gasteiger partial charge is 0.526 e. The highest BCUT2D eigenvalue weighted by Crippen LogP contribution is 2.22. The first-order chi connectivity index (χ1) is 16.5. The molecule has 20 heteroatoms. The molecule has 0 aromatic rings. The number of nitrogens with one attached hydrogen (secondary N) is 2. The van der Waals surface area contributed by atoms with E-state index in [0.717, 1.165) is 0 Å². The Morgan fingerprint density at radius 2 is 0.944 bits per heavy atom. The van der Waals surface area contributed by atoms with E-state index in [-0.39, 0.29) is 19.1 Å². The van der Waals surface area contributed by atoms with Gasteiger partial charge in [0.25, 0.3) is 0 Å². The molecule has 0 aromatic heterocycles. The summed E-state index contributed by atoms with van der Waals surface area (Å²) in [6.45, 7) is 2.87. The van der Waals surface area contributed by atoms with Crippen molar-refractivity contribution >= 4 is 128 Å². The minimum Gasteiger partial charge on any atom is -0.442 e. The standard InChI is InChI=1S/C10H9Cl6NO7.C6H9Cl2NO3/c1-2-3(18)17-10(22-7(19)4(11)12,23-8(20)5(13)14)24-9(21)6(15)16;1-2-4(10)9-3-12-6(11)5(7)8/h4-6H,2H2,1H3,(H,17,18);5H,2-3H2,1H3,(H,9,10). The predicted octanol–water partition coefficient (Wildman–Crippen LogP) is 2.98. The number of carbonyl (C=O) groups is 6. The van der Waals surface area contributed by atoms with Gasteiger partial charge in [-0.25, -0.2) is 24.5 Å². The molecule has 0 aliphatic heterocycles. The number of esters is 4. The van der Waals surface area contributed by atoms with Crippen molar-refractivity contribution in [1.82, 2.24) is 10.6 Å². The second-order valence-corrected chi connectivity index (χ2v) is 9.87. The summed E-state index contributed by atoms with van der Waals surface area (Å²) in [6.07, 6.45) is -2.98. The van der Waals surface area contributed by atoms with Gasteiger partial charge in [0.05, 0.1) is 0 Å². The molecular formula is C16H18Cl8N2O10. The van der Waals surface area contributed by atoms with Crippen LogP contribution in [0.5, 0.6) is 0 Å². The van der Waals surface area contributed by atoms with Crippen LogP contribution in [0.1, 0.15) is 26.7 Å². The van der Waals surface area contributed by atoms with E-state index in [4.69, 9.17) is 92.8 Å². The van der Waals surface area contributed by atoms with Gasteiger partial charge in [0.1, 0.15) is 0 Å². The molecule has 0 aliphatic carbocycles. The van der Waals surface area contributed by atoms with Crippen molar-refractivity contribution in [3.63, 3.8) is 0 Å². The Kier molecular flexibility index (Phi) is 19.9. The highest BCUT2D eigenvalue weighted by Gasteiger charge is 2.48. The van der Waals surface area contributed by atoms with E-state index in [0.29, 0.717) is 6.42 Å². The Bertz CT molecular complexity index is 727. The van der Waals surface area contributed by atoms with E-state index in [2.05, 4.69) is 24.3 Å². The van der Waals surface area contributed by atoms with Gasteiger partial charge in [-0.2, -0.15) is 0 Å². The molecule has 0 spiro atoms. The number of alkyl halides is 8. The van der Waals surface area contributed by atoms with Crippen molar-refractivity contribution in [2.45, 2.75) is 52.1 Å². The van der Waals surface area contributed by atoms with Gasteiger partial charge in [-0.3, -0.25) is 9.59 Å². The number of hydrogen-bond donors (Lipinski definition) is 2. The summed E-state index contributed by atoms with van der Waals surface area (Å²) in [4.78, 5) is 60.9. The molecule has 2 amide bonds. The maximum atomic E-state index is 11.6. The highest BCUT2D eigenvalue weighted by atomic mass is 35.5. The lowest BCUT2D eigenvalue weighted by Gasteiger charge is -2.31. The van der Waals surface area contributed by atoms with Crippen LogP contribution in [0.3, 0.4) is 0 Å². The van der Waals surface area contributed by atoms with Gasteiger partial charge < -0.3 is 24.3 Å². The summed E-state index contributed by atoms with van der Waals surface area (Å²) < 4.78 is 18.1. The lowest BCUT2D eigenvalue weighted by atomic mass is 10.4. The minimum atomic E-state index is -3.12. The van der Waals surface area contributed by atoms with Crippen molar-refractivity contribution in [1.29, 1.82) is 0 Å². The minimum absolute atomic E-state index is 0.193. The Balaban J connectivity index is 0. The van der Waals surface area contributed by atoms with Crippen molar-refractivity contribution < 1.29 is 47.7 Å². The normalized spacial score (nSPS) is 10.8. The predicted molar refractivity (Wildman–Crippen MR) is 131 cm³/mol. The summed E-state index contributed by atoms with van der Waals surface area (Å²) in [6, 6.07) is 0. The Morgan fingerprint density at radius 1 is 0.611 bits per heavy atom. The zero-order valence-electron chi connectivity index (χ0n) is 18.0. The fourth-order valence-electron chi connectivity index (χ4n) is 1.30. The molecule has 0 saturated carbocycles. The lowest BCUT2D eigenvalue weighted by Crippen LogP contribution is -2.59. The third-order valence-corrected chi connectivity index (χ3v) is 4.26. The summed E-state index contributed by atoms with van der Waals surface area (Å²) in [7, 11) is 0. The van der Waals surface area contributed by atoms with Crippen LogP contribution in [-0.4, -0.2) is 67.9 Å². The number of hydrogen-bond acceptors (Lipinski definition) is 10. The molecular weight excluding hydrogens is 664 g/mol. The molecule has 0 fully saturated rings. The molecule has 0 radical (unpaired) electrons. The van der Waals surface area contributed by atoms with Crippen LogP contribution in [0.25, 0.3) is 0 Å². The molecule has 0 aliphatic rings. The zero-order chi connectivity index (χ0) is 28.6. The first-order valence-corrected chi connectivity index (χ1v) is 12.6. The number of ether oxygens (including phenoxy) is 4. The molecule has 0 saturated heterocycles. The molecule has 12 nitrogen and oxygen atoms in total. The average Bonchev–Trinajstić information content (AvgIpc) is 2.78.